The molecule has 0 bridgehead atoms. The molecule has 2 fully saturated rings. The number of rotatable bonds is 3. The first-order chi connectivity index (χ1) is 14.6. The highest BCUT2D eigenvalue weighted by molar-refractivity contribution is 7.18. The van der Waals surface area contributed by atoms with Crippen LogP contribution in [0.15, 0.2) is 48.5 Å². The number of para-hydroxylation sites is 1. The first-order valence-corrected chi connectivity index (χ1v) is 11.0. The van der Waals surface area contributed by atoms with Gasteiger partial charge in [-0.15, -0.1) is 11.3 Å². The fourth-order valence-electron chi connectivity index (χ4n) is 4.25. The maximum absolute atomic E-state index is 13.2. The number of anilines is 1. The highest BCUT2D eigenvalue weighted by Crippen LogP contribution is 2.33. The van der Waals surface area contributed by atoms with Crippen molar-refractivity contribution < 1.29 is 14.4 Å². The molecule has 0 spiro atoms. The lowest BCUT2D eigenvalue weighted by Crippen LogP contribution is -2.39. The minimum Gasteiger partial charge on any atom is -0.338 e. The van der Waals surface area contributed by atoms with E-state index < -0.39 is 0 Å². The Labute approximate surface area is 178 Å². The van der Waals surface area contributed by atoms with Gasteiger partial charge in [0.15, 0.2) is 0 Å². The topological polar surface area (TPSA) is 70.6 Å². The number of amides is 3. The van der Waals surface area contributed by atoms with Crippen LogP contribution >= 0.6 is 11.3 Å². The number of hydrogen-bond acceptors (Lipinski definition) is 5. The number of piperidine rings is 1. The molecular formula is C23H21N3O3S. The summed E-state index contributed by atoms with van der Waals surface area (Å²) >= 11 is 1.70. The molecule has 2 aliphatic rings. The zero-order valence-electron chi connectivity index (χ0n) is 16.4. The fourth-order valence-corrected chi connectivity index (χ4v) is 5.35. The third kappa shape index (κ3) is 3.39. The van der Waals surface area contributed by atoms with Gasteiger partial charge < -0.3 is 4.90 Å². The first-order valence-electron chi connectivity index (χ1n) is 10.2. The molecule has 2 aromatic carbocycles. The van der Waals surface area contributed by atoms with Crippen molar-refractivity contribution in [3.8, 4) is 0 Å². The zero-order chi connectivity index (χ0) is 20.7. The first kappa shape index (κ1) is 18.9. The van der Waals surface area contributed by atoms with E-state index in [2.05, 4.69) is 6.07 Å². The molecule has 6 nitrogen and oxygen atoms in total. The van der Waals surface area contributed by atoms with E-state index in [-0.39, 0.29) is 36.5 Å². The van der Waals surface area contributed by atoms with E-state index in [1.807, 2.05) is 23.1 Å². The minimum absolute atomic E-state index is 0.0678. The summed E-state index contributed by atoms with van der Waals surface area (Å²) in [5, 5.41) is 1.08. The average molecular weight is 420 g/mol. The van der Waals surface area contributed by atoms with Crippen molar-refractivity contribution in [3.05, 3.63) is 59.1 Å². The third-order valence-electron chi connectivity index (χ3n) is 5.77. The number of thiazole rings is 1. The molecule has 0 N–H and O–H groups in total. The lowest BCUT2D eigenvalue weighted by atomic mass is 9.98. The Hall–Kier alpha value is -3.06. The van der Waals surface area contributed by atoms with E-state index in [9.17, 15) is 14.4 Å². The van der Waals surface area contributed by atoms with E-state index in [1.54, 1.807) is 35.6 Å². The smallest absolute Gasteiger partial charge is 0.253 e. The number of carbonyl (C=O) groups excluding carboxylic acids is 3. The summed E-state index contributed by atoms with van der Waals surface area (Å²) in [6, 6.07) is 15.0. The molecule has 1 aromatic heterocycles. The second kappa shape index (κ2) is 7.65. The maximum Gasteiger partial charge on any atom is 0.253 e. The Morgan fingerprint density at radius 1 is 1.03 bits per heavy atom. The van der Waals surface area contributed by atoms with E-state index >= 15 is 0 Å². The van der Waals surface area contributed by atoms with Crippen molar-refractivity contribution in [2.45, 2.75) is 31.6 Å². The molecule has 2 aliphatic heterocycles. The van der Waals surface area contributed by atoms with Crippen LogP contribution in [0.2, 0.25) is 0 Å². The summed E-state index contributed by atoms with van der Waals surface area (Å²) in [5.74, 6) is -0.260. The van der Waals surface area contributed by atoms with Gasteiger partial charge in [0.1, 0.15) is 0 Å². The Kier molecular flexibility index (Phi) is 4.83. The van der Waals surface area contributed by atoms with Gasteiger partial charge in [-0.1, -0.05) is 18.2 Å². The normalized spacial score (nSPS) is 19.7. The van der Waals surface area contributed by atoms with E-state index in [4.69, 9.17) is 4.98 Å². The second-order valence-corrected chi connectivity index (χ2v) is 8.85. The van der Waals surface area contributed by atoms with E-state index in [0.29, 0.717) is 24.3 Å². The van der Waals surface area contributed by atoms with Crippen molar-refractivity contribution in [1.29, 1.82) is 0 Å². The molecule has 0 aliphatic carbocycles. The predicted molar refractivity (Wildman–Crippen MR) is 116 cm³/mol. The van der Waals surface area contributed by atoms with Crippen LogP contribution in [-0.4, -0.2) is 40.7 Å². The van der Waals surface area contributed by atoms with Crippen molar-refractivity contribution in [2.24, 2.45) is 0 Å². The number of nitrogens with zero attached hydrogens (tertiary/aromatic N) is 3. The summed E-state index contributed by atoms with van der Waals surface area (Å²) in [5.41, 5.74) is 1.99. The molecule has 7 heteroatoms. The summed E-state index contributed by atoms with van der Waals surface area (Å²) in [6.07, 6.45) is 2.40. The quantitative estimate of drug-likeness (QED) is 0.603. The standard InChI is InChI=1S/C23H21N3O3S/c27-20-10-11-21(28)26(20)17-7-3-5-15(13-17)23(29)25-12-4-6-16(14-25)22-24-18-8-1-2-9-19(18)30-22/h1-3,5,7-9,13,16H,4,6,10-12,14H2/t16-/m0/s1. The number of aromatic nitrogens is 1. The number of likely N-dealkylation sites (tertiary alicyclic amines) is 1. The molecule has 0 radical (unpaired) electrons. The van der Waals surface area contributed by atoms with Crippen LogP contribution < -0.4 is 4.90 Å². The molecule has 0 unspecified atom stereocenters. The van der Waals surface area contributed by atoms with Crippen molar-refractivity contribution in [3.63, 3.8) is 0 Å². The Morgan fingerprint density at radius 3 is 2.63 bits per heavy atom. The van der Waals surface area contributed by atoms with Crippen molar-refractivity contribution in [2.75, 3.05) is 18.0 Å². The highest BCUT2D eigenvalue weighted by atomic mass is 32.1. The Morgan fingerprint density at radius 2 is 1.83 bits per heavy atom. The zero-order valence-corrected chi connectivity index (χ0v) is 17.2. The van der Waals surface area contributed by atoms with Gasteiger partial charge in [0.2, 0.25) is 11.8 Å². The second-order valence-electron chi connectivity index (χ2n) is 7.78. The van der Waals surface area contributed by atoms with Gasteiger partial charge in [-0.2, -0.15) is 0 Å². The number of carbonyl (C=O) groups is 3. The van der Waals surface area contributed by atoms with Crippen LogP contribution in [0, 0.1) is 0 Å². The Bertz CT molecular complexity index is 1110. The van der Waals surface area contributed by atoms with Crippen LogP contribution in [0.1, 0.15) is 47.0 Å². The molecular weight excluding hydrogens is 398 g/mol. The third-order valence-corrected chi connectivity index (χ3v) is 6.97. The molecule has 30 heavy (non-hydrogen) atoms. The Balaban J connectivity index is 1.36. The number of imide groups is 1. The molecule has 2 saturated heterocycles. The van der Waals surface area contributed by atoms with Crippen LogP contribution in [0.25, 0.3) is 10.2 Å². The lowest BCUT2D eigenvalue weighted by Gasteiger charge is -2.32. The molecule has 3 heterocycles. The minimum atomic E-state index is -0.210. The summed E-state index contributed by atoms with van der Waals surface area (Å²) in [7, 11) is 0. The fraction of sp³-hybridized carbons (Fsp3) is 0.304. The van der Waals surface area contributed by atoms with Gasteiger partial charge in [-0.05, 0) is 43.2 Å². The molecule has 1 atom stereocenters. The highest BCUT2D eigenvalue weighted by Gasteiger charge is 2.32. The number of fused-ring (bicyclic) bond motifs is 1. The van der Waals surface area contributed by atoms with E-state index in [0.717, 1.165) is 23.4 Å². The predicted octanol–water partition coefficient (Wildman–Crippen LogP) is 3.97. The summed E-state index contributed by atoms with van der Waals surface area (Å²) < 4.78 is 1.17. The van der Waals surface area contributed by atoms with Gasteiger partial charge in [0, 0.05) is 37.4 Å². The average Bonchev–Trinajstić information content (AvgIpc) is 3.36. The number of benzene rings is 2. The molecule has 5 rings (SSSR count). The van der Waals surface area contributed by atoms with Crippen LogP contribution in [0.3, 0.4) is 0 Å². The van der Waals surface area contributed by atoms with Gasteiger partial charge in [0.05, 0.1) is 20.9 Å². The summed E-state index contributed by atoms with van der Waals surface area (Å²) in [6.45, 7) is 1.33. The van der Waals surface area contributed by atoms with Gasteiger partial charge in [-0.3, -0.25) is 19.3 Å². The summed E-state index contributed by atoms with van der Waals surface area (Å²) in [4.78, 5) is 45.1. The van der Waals surface area contributed by atoms with Crippen molar-refractivity contribution >= 4 is 45.0 Å². The maximum atomic E-state index is 13.2. The van der Waals surface area contributed by atoms with Crippen molar-refractivity contribution in [1.82, 2.24) is 9.88 Å². The van der Waals surface area contributed by atoms with Gasteiger partial charge in [0.25, 0.3) is 5.91 Å². The molecule has 152 valence electrons. The van der Waals surface area contributed by atoms with Crippen LogP contribution in [-0.2, 0) is 9.59 Å². The lowest BCUT2D eigenvalue weighted by molar-refractivity contribution is -0.121. The molecule has 3 aromatic rings. The largest absolute Gasteiger partial charge is 0.338 e. The SMILES string of the molecule is O=C(c1cccc(N2C(=O)CCC2=O)c1)N1CCC[C@H](c2nc3ccccc3s2)C1. The van der Waals surface area contributed by atoms with E-state index in [1.165, 1.54) is 9.60 Å². The number of hydrogen-bond donors (Lipinski definition) is 0. The monoisotopic (exact) mass is 419 g/mol. The van der Waals surface area contributed by atoms with Gasteiger partial charge >= 0.3 is 0 Å². The molecule has 0 saturated carbocycles. The van der Waals surface area contributed by atoms with Gasteiger partial charge in [-0.25, -0.2) is 4.98 Å². The van der Waals surface area contributed by atoms with Crippen LogP contribution in [0.4, 0.5) is 5.69 Å². The molecule has 3 amide bonds. The van der Waals surface area contributed by atoms with Crippen LogP contribution in [0.5, 0.6) is 0 Å².